The molecule has 1 fully saturated rings. The Labute approximate surface area is 133 Å². The zero-order valence-electron chi connectivity index (χ0n) is 12.6. The molecule has 1 saturated heterocycles. The van der Waals surface area contributed by atoms with E-state index in [1.54, 1.807) is 41.3 Å². The lowest BCUT2D eigenvalue weighted by Gasteiger charge is -2.15. The molecule has 5 heteroatoms. The summed E-state index contributed by atoms with van der Waals surface area (Å²) in [6.07, 6.45) is 2.03. The van der Waals surface area contributed by atoms with Crippen LogP contribution < -0.4 is 5.32 Å². The van der Waals surface area contributed by atoms with E-state index in [-0.39, 0.29) is 11.6 Å². The van der Waals surface area contributed by atoms with Crippen molar-refractivity contribution in [3.63, 3.8) is 0 Å². The Morgan fingerprint density at radius 1 is 0.957 bits per heavy atom. The summed E-state index contributed by atoms with van der Waals surface area (Å²) in [5.41, 5.74) is 0.931. The summed E-state index contributed by atoms with van der Waals surface area (Å²) in [6, 6.07) is 12.5. The lowest BCUT2D eigenvalue weighted by molar-refractivity contribution is 0.0793. The number of carbonyl (C=O) groups is 2. The standard InChI is InChI=1S/C18H17FN2O2/c19-15-8-1-2-9-16(15)20-17(22)13-6-5-7-14(12-13)18(23)21-10-3-4-11-21/h1-2,5-9,12H,3-4,10-11H2,(H,20,22). The molecule has 0 radical (unpaired) electrons. The largest absolute Gasteiger partial charge is 0.339 e. The zero-order chi connectivity index (χ0) is 16.2. The van der Waals surface area contributed by atoms with Crippen LogP contribution in [0, 0.1) is 5.82 Å². The Morgan fingerprint density at radius 2 is 1.65 bits per heavy atom. The van der Waals surface area contributed by atoms with Gasteiger partial charge in [0, 0.05) is 24.2 Å². The van der Waals surface area contributed by atoms with Crippen LogP contribution in [0.25, 0.3) is 0 Å². The fraction of sp³-hybridized carbons (Fsp3) is 0.222. The van der Waals surface area contributed by atoms with Crippen LogP contribution >= 0.6 is 0 Å². The summed E-state index contributed by atoms with van der Waals surface area (Å²) in [6.45, 7) is 1.51. The predicted octanol–water partition coefficient (Wildman–Crippen LogP) is 3.31. The Hall–Kier alpha value is -2.69. The highest BCUT2D eigenvalue weighted by Gasteiger charge is 2.20. The van der Waals surface area contributed by atoms with E-state index in [1.165, 1.54) is 12.1 Å². The molecule has 0 bridgehead atoms. The van der Waals surface area contributed by atoms with E-state index in [4.69, 9.17) is 0 Å². The molecule has 4 nitrogen and oxygen atoms in total. The first kappa shape index (κ1) is 15.2. The summed E-state index contributed by atoms with van der Waals surface area (Å²) in [5, 5.41) is 2.52. The molecule has 1 aliphatic rings. The Balaban J connectivity index is 1.77. The minimum atomic E-state index is -0.495. The third-order valence-electron chi connectivity index (χ3n) is 3.89. The fourth-order valence-corrected chi connectivity index (χ4v) is 2.65. The maximum atomic E-state index is 13.6. The number of anilines is 1. The van der Waals surface area contributed by atoms with E-state index in [2.05, 4.69) is 5.32 Å². The van der Waals surface area contributed by atoms with Crippen LogP contribution in [0.15, 0.2) is 48.5 Å². The van der Waals surface area contributed by atoms with E-state index in [9.17, 15) is 14.0 Å². The van der Waals surface area contributed by atoms with Gasteiger partial charge in [0.25, 0.3) is 11.8 Å². The van der Waals surface area contributed by atoms with Crippen LogP contribution in [0.5, 0.6) is 0 Å². The Morgan fingerprint density at radius 3 is 2.39 bits per heavy atom. The first-order valence-electron chi connectivity index (χ1n) is 7.60. The van der Waals surface area contributed by atoms with Crippen LogP contribution in [0.3, 0.4) is 0 Å². The van der Waals surface area contributed by atoms with Crippen molar-refractivity contribution in [3.8, 4) is 0 Å². The number of hydrogen-bond acceptors (Lipinski definition) is 2. The van der Waals surface area contributed by atoms with Crippen molar-refractivity contribution < 1.29 is 14.0 Å². The summed E-state index contributed by atoms with van der Waals surface area (Å²) in [5.74, 6) is -1.00. The number of rotatable bonds is 3. The van der Waals surface area contributed by atoms with E-state index in [1.807, 2.05) is 0 Å². The number of para-hydroxylation sites is 1. The monoisotopic (exact) mass is 312 g/mol. The van der Waals surface area contributed by atoms with E-state index in [0.29, 0.717) is 11.1 Å². The number of likely N-dealkylation sites (tertiary alicyclic amines) is 1. The second kappa shape index (κ2) is 6.60. The molecule has 1 N–H and O–H groups in total. The quantitative estimate of drug-likeness (QED) is 0.945. The van der Waals surface area contributed by atoms with Crippen LogP contribution in [0.2, 0.25) is 0 Å². The highest BCUT2D eigenvalue weighted by atomic mass is 19.1. The number of amides is 2. The maximum absolute atomic E-state index is 13.6. The van der Waals surface area contributed by atoms with Crippen molar-refractivity contribution >= 4 is 17.5 Å². The van der Waals surface area contributed by atoms with Crippen molar-refractivity contribution in [2.45, 2.75) is 12.8 Å². The molecule has 2 amide bonds. The normalized spacial score (nSPS) is 13.9. The average Bonchev–Trinajstić information content (AvgIpc) is 3.11. The van der Waals surface area contributed by atoms with Gasteiger partial charge in [-0.2, -0.15) is 0 Å². The molecule has 0 aromatic heterocycles. The maximum Gasteiger partial charge on any atom is 0.255 e. The number of nitrogens with zero attached hydrogens (tertiary/aromatic N) is 1. The predicted molar refractivity (Wildman–Crippen MR) is 85.9 cm³/mol. The van der Waals surface area contributed by atoms with Gasteiger partial charge in [-0.15, -0.1) is 0 Å². The molecule has 0 unspecified atom stereocenters. The van der Waals surface area contributed by atoms with Gasteiger partial charge in [-0.25, -0.2) is 4.39 Å². The summed E-state index contributed by atoms with van der Waals surface area (Å²) >= 11 is 0. The van der Waals surface area contributed by atoms with Gasteiger partial charge >= 0.3 is 0 Å². The first-order valence-corrected chi connectivity index (χ1v) is 7.60. The average molecular weight is 312 g/mol. The topological polar surface area (TPSA) is 49.4 Å². The van der Waals surface area contributed by atoms with Gasteiger partial charge in [0.2, 0.25) is 0 Å². The molecular formula is C18H17FN2O2. The van der Waals surface area contributed by atoms with Crippen molar-refractivity contribution in [3.05, 3.63) is 65.5 Å². The highest BCUT2D eigenvalue weighted by Crippen LogP contribution is 2.17. The fourth-order valence-electron chi connectivity index (χ4n) is 2.65. The third-order valence-corrected chi connectivity index (χ3v) is 3.89. The number of halogens is 1. The van der Waals surface area contributed by atoms with Gasteiger partial charge in [0.15, 0.2) is 0 Å². The van der Waals surface area contributed by atoms with Crippen molar-refractivity contribution in [1.29, 1.82) is 0 Å². The molecule has 118 valence electrons. The number of hydrogen-bond donors (Lipinski definition) is 1. The van der Waals surface area contributed by atoms with Crippen LogP contribution in [-0.4, -0.2) is 29.8 Å². The minimum Gasteiger partial charge on any atom is -0.339 e. The lowest BCUT2D eigenvalue weighted by Crippen LogP contribution is -2.27. The Kier molecular flexibility index (Phi) is 4.37. The molecular weight excluding hydrogens is 295 g/mol. The van der Waals surface area contributed by atoms with Crippen molar-refractivity contribution in [2.75, 3.05) is 18.4 Å². The van der Waals surface area contributed by atoms with E-state index < -0.39 is 11.7 Å². The highest BCUT2D eigenvalue weighted by molar-refractivity contribution is 6.06. The van der Waals surface area contributed by atoms with Gasteiger partial charge < -0.3 is 10.2 Å². The van der Waals surface area contributed by atoms with Gasteiger partial charge in [0.1, 0.15) is 5.82 Å². The van der Waals surface area contributed by atoms with Crippen LogP contribution in [-0.2, 0) is 0 Å². The van der Waals surface area contributed by atoms with Gasteiger partial charge in [-0.1, -0.05) is 18.2 Å². The molecule has 2 aromatic carbocycles. The van der Waals surface area contributed by atoms with E-state index in [0.717, 1.165) is 25.9 Å². The second-order valence-electron chi connectivity index (χ2n) is 5.51. The molecule has 0 aliphatic carbocycles. The molecule has 1 aliphatic heterocycles. The summed E-state index contributed by atoms with van der Waals surface area (Å²) < 4.78 is 13.6. The van der Waals surface area contributed by atoms with Gasteiger partial charge in [0.05, 0.1) is 5.69 Å². The molecule has 0 saturated carbocycles. The van der Waals surface area contributed by atoms with Crippen molar-refractivity contribution in [1.82, 2.24) is 4.90 Å². The smallest absolute Gasteiger partial charge is 0.255 e. The van der Waals surface area contributed by atoms with Gasteiger partial charge in [-0.3, -0.25) is 9.59 Å². The number of nitrogens with one attached hydrogen (secondary N) is 1. The Bertz CT molecular complexity index is 739. The molecule has 1 heterocycles. The summed E-state index contributed by atoms with van der Waals surface area (Å²) in [4.78, 5) is 26.4. The second-order valence-corrected chi connectivity index (χ2v) is 5.51. The molecule has 0 atom stereocenters. The zero-order valence-corrected chi connectivity index (χ0v) is 12.6. The van der Waals surface area contributed by atoms with Gasteiger partial charge in [-0.05, 0) is 43.2 Å². The molecule has 2 aromatic rings. The first-order chi connectivity index (χ1) is 11.1. The number of benzene rings is 2. The lowest BCUT2D eigenvalue weighted by atomic mass is 10.1. The third kappa shape index (κ3) is 3.39. The minimum absolute atomic E-state index is 0.0666. The molecule has 3 rings (SSSR count). The number of carbonyl (C=O) groups excluding carboxylic acids is 2. The van der Waals surface area contributed by atoms with Crippen LogP contribution in [0.1, 0.15) is 33.6 Å². The van der Waals surface area contributed by atoms with E-state index >= 15 is 0 Å². The summed E-state index contributed by atoms with van der Waals surface area (Å²) in [7, 11) is 0. The van der Waals surface area contributed by atoms with Crippen LogP contribution in [0.4, 0.5) is 10.1 Å². The van der Waals surface area contributed by atoms with Crippen molar-refractivity contribution in [2.24, 2.45) is 0 Å². The molecule has 0 spiro atoms. The SMILES string of the molecule is O=C(Nc1ccccc1F)c1cccc(C(=O)N2CCCC2)c1. The molecule has 23 heavy (non-hydrogen) atoms.